The SMILES string of the molecule is O=C(O)[C@@H]1CCCN1/[N+]([O-])=N/[O-]. The Kier molecular flexibility index (Phi) is 2.32. The van der Waals surface area contributed by atoms with E-state index in [-0.39, 0.29) is 11.5 Å². The average Bonchev–Trinajstić information content (AvgIpc) is 2.50. The van der Waals surface area contributed by atoms with Crippen LogP contribution in [0.3, 0.4) is 0 Å². The first-order valence-electron chi connectivity index (χ1n) is 3.46. The number of aliphatic carboxylic acids is 1. The van der Waals surface area contributed by atoms with Crippen LogP contribution in [0.15, 0.2) is 5.28 Å². The Hall–Kier alpha value is -1.53. The Morgan fingerprint density at radius 2 is 2.42 bits per heavy atom. The first-order chi connectivity index (χ1) is 5.66. The van der Waals surface area contributed by atoms with Gasteiger partial charge in [-0.1, -0.05) is 0 Å². The van der Waals surface area contributed by atoms with Crippen molar-refractivity contribution in [2.24, 2.45) is 5.28 Å². The van der Waals surface area contributed by atoms with Crippen molar-refractivity contribution in [2.75, 3.05) is 6.54 Å². The summed E-state index contributed by atoms with van der Waals surface area (Å²) in [4.78, 5) is 10.3. The second kappa shape index (κ2) is 3.24. The summed E-state index contributed by atoms with van der Waals surface area (Å²) in [6.45, 7) is 0.270. The fourth-order valence-corrected chi connectivity index (χ4v) is 1.25. The fraction of sp³-hybridized carbons (Fsp3) is 0.800. The summed E-state index contributed by atoms with van der Waals surface area (Å²) >= 11 is 0. The highest BCUT2D eigenvalue weighted by atomic mass is 16.6. The summed E-state index contributed by atoms with van der Waals surface area (Å²) in [5.41, 5.74) is 0. The molecule has 1 aliphatic heterocycles. The Bertz CT molecular complexity index is 217. The molecule has 1 aliphatic rings. The van der Waals surface area contributed by atoms with Crippen LogP contribution in [0.2, 0.25) is 0 Å². The van der Waals surface area contributed by atoms with Crippen LogP contribution < -0.4 is 0 Å². The minimum Gasteiger partial charge on any atom is -0.737 e. The molecule has 0 spiro atoms. The molecule has 7 nitrogen and oxygen atoms in total. The highest BCUT2D eigenvalue weighted by Gasteiger charge is 2.35. The van der Waals surface area contributed by atoms with Crippen LogP contribution in [-0.2, 0) is 4.79 Å². The van der Waals surface area contributed by atoms with Crippen molar-refractivity contribution in [1.82, 2.24) is 5.01 Å². The normalized spacial score (nSPS) is 24.5. The highest BCUT2D eigenvalue weighted by Crippen LogP contribution is 2.16. The molecule has 0 amide bonds. The molecule has 12 heavy (non-hydrogen) atoms. The van der Waals surface area contributed by atoms with Gasteiger partial charge in [0.2, 0.25) is 0 Å². The van der Waals surface area contributed by atoms with Crippen molar-refractivity contribution < 1.29 is 14.9 Å². The third kappa shape index (κ3) is 1.39. The van der Waals surface area contributed by atoms with Crippen molar-refractivity contribution in [3.05, 3.63) is 10.4 Å². The monoisotopic (exact) mass is 174 g/mol. The standard InChI is InChI=1S/C5H9N3O4/c9-5(10)4-2-1-3-7(4)8(12)6-11/h4,11H,1-3H2,(H,9,10)/p-1/b8-6-/t4-/m0/s1. The number of nitrogens with zero attached hydrogens (tertiary/aromatic N) is 3. The van der Waals surface area contributed by atoms with Crippen molar-refractivity contribution in [3.63, 3.8) is 0 Å². The average molecular weight is 174 g/mol. The molecule has 0 aromatic rings. The summed E-state index contributed by atoms with van der Waals surface area (Å²) in [5, 5.41) is 32.0. The zero-order valence-electron chi connectivity index (χ0n) is 6.21. The van der Waals surface area contributed by atoms with Crippen LogP contribution in [0, 0.1) is 10.4 Å². The molecule has 0 aromatic heterocycles. The third-order valence-corrected chi connectivity index (χ3v) is 1.80. The molecule has 0 saturated carbocycles. The van der Waals surface area contributed by atoms with E-state index < -0.39 is 12.0 Å². The number of hydrogen-bond acceptors (Lipinski definition) is 4. The largest absolute Gasteiger partial charge is 0.737 e. The minimum atomic E-state index is -1.10. The first-order valence-corrected chi connectivity index (χ1v) is 3.46. The first kappa shape index (κ1) is 8.57. The van der Waals surface area contributed by atoms with E-state index in [0.29, 0.717) is 12.8 Å². The Morgan fingerprint density at radius 3 is 2.92 bits per heavy atom. The molecular weight excluding hydrogens is 166 g/mol. The molecule has 0 radical (unpaired) electrons. The van der Waals surface area contributed by atoms with Crippen LogP contribution in [-0.4, -0.2) is 33.6 Å². The molecule has 1 N–H and O–H groups in total. The van der Waals surface area contributed by atoms with Crippen molar-refractivity contribution in [2.45, 2.75) is 18.9 Å². The third-order valence-electron chi connectivity index (χ3n) is 1.80. The fourth-order valence-electron chi connectivity index (χ4n) is 1.25. The van der Waals surface area contributed by atoms with Gasteiger partial charge in [-0.15, -0.1) is 5.01 Å². The van der Waals surface area contributed by atoms with E-state index in [4.69, 9.17) is 5.11 Å². The zero-order chi connectivity index (χ0) is 9.14. The predicted octanol–water partition coefficient (Wildman–Crippen LogP) is -0.0893. The van der Waals surface area contributed by atoms with E-state index >= 15 is 0 Å². The lowest BCUT2D eigenvalue weighted by atomic mass is 10.2. The van der Waals surface area contributed by atoms with Crippen LogP contribution >= 0.6 is 0 Å². The predicted molar refractivity (Wildman–Crippen MR) is 36.8 cm³/mol. The molecule has 0 unspecified atom stereocenters. The number of carbonyl (C=O) groups is 1. The van der Waals surface area contributed by atoms with E-state index in [0.717, 1.165) is 5.01 Å². The Balaban J connectivity index is 2.70. The highest BCUT2D eigenvalue weighted by molar-refractivity contribution is 5.73. The van der Waals surface area contributed by atoms with Gasteiger partial charge in [0.25, 0.3) is 0 Å². The molecule has 0 aliphatic carbocycles. The zero-order valence-corrected chi connectivity index (χ0v) is 6.21. The minimum absolute atomic E-state index is 0.203. The van der Waals surface area contributed by atoms with Gasteiger partial charge < -0.3 is 15.5 Å². The van der Waals surface area contributed by atoms with E-state index in [1.54, 1.807) is 0 Å². The van der Waals surface area contributed by atoms with Crippen molar-refractivity contribution >= 4 is 5.97 Å². The second-order valence-electron chi connectivity index (χ2n) is 2.49. The number of hydrazine groups is 1. The molecule has 1 heterocycles. The molecule has 0 aromatic carbocycles. The number of carboxylic acid groups (broad SMARTS) is 1. The quantitative estimate of drug-likeness (QED) is 0.358. The maximum atomic E-state index is 10.6. The summed E-state index contributed by atoms with van der Waals surface area (Å²) in [7, 11) is 0. The molecule has 1 fully saturated rings. The van der Waals surface area contributed by atoms with Gasteiger partial charge >= 0.3 is 5.97 Å². The molecule has 7 heteroatoms. The lowest BCUT2D eigenvalue weighted by Crippen LogP contribution is -2.40. The summed E-state index contributed by atoms with van der Waals surface area (Å²) in [6.07, 6.45) is 0.967. The van der Waals surface area contributed by atoms with Crippen LogP contribution in [0.4, 0.5) is 0 Å². The van der Waals surface area contributed by atoms with E-state index in [2.05, 4.69) is 5.28 Å². The second-order valence-corrected chi connectivity index (χ2v) is 2.49. The van der Waals surface area contributed by atoms with Crippen LogP contribution in [0.5, 0.6) is 0 Å². The molecule has 1 atom stereocenters. The maximum absolute atomic E-state index is 10.6. The van der Waals surface area contributed by atoms with Gasteiger partial charge in [0.05, 0.1) is 6.54 Å². The summed E-state index contributed by atoms with van der Waals surface area (Å²) < 4.78 is 0. The van der Waals surface area contributed by atoms with Gasteiger partial charge in [-0.05, 0) is 18.1 Å². The van der Waals surface area contributed by atoms with Gasteiger partial charge in [-0.2, -0.15) is 0 Å². The van der Waals surface area contributed by atoms with Gasteiger partial charge in [0, 0.05) is 4.97 Å². The maximum Gasteiger partial charge on any atom is 0.332 e. The van der Waals surface area contributed by atoms with Gasteiger partial charge in [-0.3, -0.25) is 0 Å². The Labute approximate surface area is 68.0 Å². The van der Waals surface area contributed by atoms with Gasteiger partial charge in [0.1, 0.15) is 0 Å². The summed E-state index contributed by atoms with van der Waals surface area (Å²) in [5.74, 6) is -1.10. The van der Waals surface area contributed by atoms with E-state index in [1.165, 1.54) is 0 Å². The van der Waals surface area contributed by atoms with Crippen molar-refractivity contribution in [3.8, 4) is 0 Å². The topological polar surface area (TPSA) is 102 Å². The molecule has 68 valence electrons. The van der Waals surface area contributed by atoms with Gasteiger partial charge in [-0.25, -0.2) is 4.79 Å². The molecule has 1 saturated heterocycles. The lowest BCUT2D eigenvalue weighted by Gasteiger charge is -2.17. The van der Waals surface area contributed by atoms with E-state index in [1.807, 2.05) is 0 Å². The van der Waals surface area contributed by atoms with E-state index in [9.17, 15) is 15.2 Å². The smallest absolute Gasteiger partial charge is 0.332 e. The molecule has 0 bridgehead atoms. The van der Waals surface area contributed by atoms with Crippen LogP contribution in [0.25, 0.3) is 0 Å². The number of rotatable bonds is 2. The summed E-state index contributed by atoms with van der Waals surface area (Å²) in [6, 6.07) is -0.903. The number of hydrogen-bond donors (Lipinski definition) is 1. The van der Waals surface area contributed by atoms with Crippen LogP contribution in [0.1, 0.15) is 12.8 Å². The lowest BCUT2D eigenvalue weighted by molar-refractivity contribution is -0.691. The molecular formula is C5H8N3O4-. The number of carboxylic acids is 1. The Morgan fingerprint density at radius 1 is 1.75 bits per heavy atom. The van der Waals surface area contributed by atoms with Gasteiger partial charge in [0.15, 0.2) is 6.04 Å². The molecule has 1 rings (SSSR count). The van der Waals surface area contributed by atoms with Crippen molar-refractivity contribution in [1.29, 1.82) is 0 Å².